The number of carbonyl (C=O) groups is 1. The first-order valence-corrected chi connectivity index (χ1v) is 8.26. The van der Waals surface area contributed by atoms with Gasteiger partial charge < -0.3 is 14.8 Å². The molecule has 4 heteroatoms. The second-order valence-corrected chi connectivity index (χ2v) is 5.81. The average Bonchev–Trinajstić information content (AvgIpc) is 2.55. The van der Waals surface area contributed by atoms with Crippen LogP contribution in [0.15, 0.2) is 48.5 Å². The average molecular weight is 327 g/mol. The van der Waals surface area contributed by atoms with E-state index in [0.717, 1.165) is 16.9 Å². The van der Waals surface area contributed by atoms with Crippen molar-refractivity contribution in [3.05, 3.63) is 59.7 Å². The fourth-order valence-corrected chi connectivity index (χ4v) is 2.38. The summed E-state index contributed by atoms with van der Waals surface area (Å²) in [5, 5.41) is 2.98. The molecule has 0 fully saturated rings. The van der Waals surface area contributed by atoms with Crippen LogP contribution in [0.5, 0.6) is 11.5 Å². The van der Waals surface area contributed by atoms with Crippen LogP contribution in [0.4, 0.5) is 0 Å². The number of aryl methyl sites for hydroxylation is 1. The summed E-state index contributed by atoms with van der Waals surface area (Å²) in [5.74, 6) is 1.39. The number of nitrogens with one attached hydrogen (secondary N) is 1. The molecule has 0 saturated heterocycles. The molecule has 1 amide bonds. The summed E-state index contributed by atoms with van der Waals surface area (Å²) < 4.78 is 11.1. The lowest BCUT2D eigenvalue weighted by molar-refractivity contribution is -0.127. The van der Waals surface area contributed by atoms with Crippen molar-refractivity contribution in [1.29, 1.82) is 0 Å². The first kappa shape index (κ1) is 17.9. The van der Waals surface area contributed by atoms with Gasteiger partial charge in [-0.05, 0) is 63.1 Å². The molecule has 0 aliphatic heterocycles. The zero-order valence-electron chi connectivity index (χ0n) is 14.7. The van der Waals surface area contributed by atoms with Gasteiger partial charge in [-0.3, -0.25) is 4.79 Å². The summed E-state index contributed by atoms with van der Waals surface area (Å²) in [7, 11) is 0. The van der Waals surface area contributed by atoms with Gasteiger partial charge >= 0.3 is 0 Å². The minimum Gasteiger partial charge on any atom is -0.494 e. The van der Waals surface area contributed by atoms with Crippen LogP contribution in [-0.2, 0) is 4.79 Å². The molecular formula is C20H25NO3. The maximum atomic E-state index is 12.3. The highest BCUT2D eigenvalue weighted by Gasteiger charge is 2.17. The van der Waals surface area contributed by atoms with Gasteiger partial charge in [0.05, 0.1) is 12.6 Å². The summed E-state index contributed by atoms with van der Waals surface area (Å²) in [5.41, 5.74) is 2.12. The first-order valence-electron chi connectivity index (χ1n) is 8.26. The van der Waals surface area contributed by atoms with Crippen LogP contribution in [0.25, 0.3) is 0 Å². The molecule has 0 saturated carbocycles. The Morgan fingerprint density at radius 1 is 1.08 bits per heavy atom. The third-order valence-corrected chi connectivity index (χ3v) is 3.72. The van der Waals surface area contributed by atoms with Crippen LogP contribution in [-0.4, -0.2) is 18.6 Å². The third-order valence-electron chi connectivity index (χ3n) is 3.72. The van der Waals surface area contributed by atoms with Crippen LogP contribution in [0, 0.1) is 6.92 Å². The highest BCUT2D eigenvalue weighted by molar-refractivity contribution is 5.81. The SMILES string of the molecule is CCOc1ccc([C@H](C)NC(=O)[C@H](C)Oc2cccc(C)c2)cc1. The summed E-state index contributed by atoms with van der Waals surface area (Å²) in [6.07, 6.45) is -0.558. The van der Waals surface area contributed by atoms with Gasteiger partial charge in [-0.2, -0.15) is 0 Å². The lowest BCUT2D eigenvalue weighted by Gasteiger charge is -2.19. The van der Waals surface area contributed by atoms with Gasteiger partial charge in [0.1, 0.15) is 11.5 Å². The van der Waals surface area contributed by atoms with Crippen molar-refractivity contribution in [1.82, 2.24) is 5.32 Å². The zero-order chi connectivity index (χ0) is 17.5. The van der Waals surface area contributed by atoms with Gasteiger partial charge in [-0.1, -0.05) is 24.3 Å². The van der Waals surface area contributed by atoms with E-state index < -0.39 is 6.10 Å². The quantitative estimate of drug-likeness (QED) is 0.835. The fraction of sp³-hybridized carbons (Fsp3) is 0.350. The second kappa shape index (κ2) is 8.39. The number of amides is 1. The molecule has 0 aromatic heterocycles. The zero-order valence-corrected chi connectivity index (χ0v) is 14.7. The van der Waals surface area contributed by atoms with Crippen molar-refractivity contribution >= 4 is 5.91 Å². The highest BCUT2D eigenvalue weighted by Crippen LogP contribution is 2.18. The number of hydrogen-bond acceptors (Lipinski definition) is 3. The number of benzene rings is 2. The van der Waals surface area contributed by atoms with Gasteiger partial charge in [0.25, 0.3) is 5.91 Å². The minimum absolute atomic E-state index is 0.100. The minimum atomic E-state index is -0.558. The molecule has 4 nitrogen and oxygen atoms in total. The van der Waals surface area contributed by atoms with Crippen molar-refractivity contribution in [2.45, 2.75) is 39.8 Å². The molecule has 0 heterocycles. The van der Waals surface area contributed by atoms with E-state index in [2.05, 4.69) is 5.32 Å². The monoisotopic (exact) mass is 327 g/mol. The normalized spacial score (nSPS) is 13.0. The summed E-state index contributed by atoms with van der Waals surface area (Å²) >= 11 is 0. The topological polar surface area (TPSA) is 47.6 Å². The van der Waals surface area contributed by atoms with Crippen molar-refractivity contribution in [2.75, 3.05) is 6.61 Å². The lowest BCUT2D eigenvalue weighted by atomic mass is 10.1. The molecule has 24 heavy (non-hydrogen) atoms. The molecular weight excluding hydrogens is 302 g/mol. The van der Waals surface area contributed by atoms with Crippen LogP contribution >= 0.6 is 0 Å². The fourth-order valence-electron chi connectivity index (χ4n) is 2.38. The Morgan fingerprint density at radius 2 is 1.79 bits per heavy atom. The Hall–Kier alpha value is -2.49. The van der Waals surface area contributed by atoms with E-state index in [1.165, 1.54) is 0 Å². The van der Waals surface area contributed by atoms with Crippen molar-refractivity contribution in [3.63, 3.8) is 0 Å². The van der Waals surface area contributed by atoms with E-state index in [0.29, 0.717) is 12.4 Å². The predicted molar refractivity (Wildman–Crippen MR) is 95.4 cm³/mol. The molecule has 0 bridgehead atoms. The van der Waals surface area contributed by atoms with E-state index in [9.17, 15) is 4.79 Å². The van der Waals surface area contributed by atoms with Crippen LogP contribution in [0.3, 0.4) is 0 Å². The van der Waals surface area contributed by atoms with Gasteiger partial charge in [-0.15, -0.1) is 0 Å². The number of hydrogen-bond donors (Lipinski definition) is 1. The molecule has 2 aromatic carbocycles. The molecule has 2 aromatic rings. The molecule has 0 radical (unpaired) electrons. The molecule has 0 spiro atoms. The number of rotatable bonds is 7. The molecule has 1 N–H and O–H groups in total. The Labute approximate surface area is 143 Å². The summed E-state index contributed by atoms with van der Waals surface area (Å²) in [6, 6.07) is 15.3. The second-order valence-electron chi connectivity index (χ2n) is 5.81. The third kappa shape index (κ3) is 5.01. The van der Waals surface area contributed by atoms with Crippen LogP contribution in [0.1, 0.15) is 37.9 Å². The summed E-state index contributed by atoms with van der Waals surface area (Å²) in [6.45, 7) is 8.28. The highest BCUT2D eigenvalue weighted by atomic mass is 16.5. The molecule has 0 unspecified atom stereocenters. The van der Waals surface area contributed by atoms with Crippen molar-refractivity contribution < 1.29 is 14.3 Å². The lowest BCUT2D eigenvalue weighted by Crippen LogP contribution is -2.37. The maximum absolute atomic E-state index is 12.3. The van der Waals surface area contributed by atoms with Gasteiger partial charge in [0.2, 0.25) is 0 Å². The van der Waals surface area contributed by atoms with E-state index in [4.69, 9.17) is 9.47 Å². The summed E-state index contributed by atoms with van der Waals surface area (Å²) in [4.78, 5) is 12.3. The van der Waals surface area contributed by atoms with E-state index in [-0.39, 0.29) is 11.9 Å². The molecule has 128 valence electrons. The molecule has 0 aliphatic carbocycles. The van der Waals surface area contributed by atoms with Crippen LogP contribution in [0.2, 0.25) is 0 Å². The van der Waals surface area contributed by atoms with Crippen LogP contribution < -0.4 is 14.8 Å². The van der Waals surface area contributed by atoms with E-state index >= 15 is 0 Å². The Kier molecular flexibility index (Phi) is 6.24. The van der Waals surface area contributed by atoms with E-state index in [1.54, 1.807) is 6.92 Å². The van der Waals surface area contributed by atoms with Gasteiger partial charge in [-0.25, -0.2) is 0 Å². The molecule has 0 aliphatic rings. The standard InChI is InChI=1S/C20H25NO3/c1-5-23-18-11-9-17(10-12-18)15(3)21-20(22)16(4)24-19-8-6-7-14(2)13-19/h6-13,15-16H,5H2,1-4H3,(H,21,22)/t15-,16-/m0/s1. The van der Waals surface area contributed by atoms with Gasteiger partial charge in [0, 0.05) is 0 Å². The molecule has 2 rings (SSSR count). The predicted octanol–water partition coefficient (Wildman–Crippen LogP) is 4.04. The van der Waals surface area contributed by atoms with Gasteiger partial charge in [0.15, 0.2) is 6.10 Å². The van der Waals surface area contributed by atoms with Crippen molar-refractivity contribution in [3.8, 4) is 11.5 Å². The Bertz CT molecular complexity index is 667. The molecule has 2 atom stereocenters. The smallest absolute Gasteiger partial charge is 0.261 e. The first-order chi connectivity index (χ1) is 11.5. The Morgan fingerprint density at radius 3 is 2.42 bits per heavy atom. The maximum Gasteiger partial charge on any atom is 0.261 e. The Balaban J connectivity index is 1.92. The largest absolute Gasteiger partial charge is 0.494 e. The number of carbonyl (C=O) groups excluding carboxylic acids is 1. The van der Waals surface area contributed by atoms with Crippen molar-refractivity contribution in [2.24, 2.45) is 0 Å². The number of ether oxygens (including phenoxy) is 2. The van der Waals surface area contributed by atoms with E-state index in [1.807, 2.05) is 69.3 Å².